The molecule has 5 rings (SSSR count). The maximum Gasteiger partial charge on any atom is 0.416 e. The van der Waals surface area contributed by atoms with Crippen LogP contribution >= 0.6 is 0 Å². The summed E-state index contributed by atoms with van der Waals surface area (Å²) < 4.78 is 62.8. The van der Waals surface area contributed by atoms with Crippen LogP contribution in [0.4, 0.5) is 34.9 Å². The summed E-state index contributed by atoms with van der Waals surface area (Å²) in [5, 5.41) is 10.9. The first-order valence-electron chi connectivity index (χ1n) is 11.1. The summed E-state index contributed by atoms with van der Waals surface area (Å²) in [6.07, 6.45) is -2.08. The summed E-state index contributed by atoms with van der Waals surface area (Å²) >= 11 is 0. The predicted molar refractivity (Wildman–Crippen MR) is 125 cm³/mol. The van der Waals surface area contributed by atoms with Gasteiger partial charge >= 0.3 is 6.18 Å². The van der Waals surface area contributed by atoms with E-state index in [2.05, 4.69) is 25.5 Å². The highest BCUT2D eigenvalue weighted by Crippen LogP contribution is 2.36. The fraction of sp³-hybridized carbons (Fsp3) is 0.250. The molecular weight excluding hydrogens is 478 g/mol. The number of anilines is 3. The quantitative estimate of drug-likeness (QED) is 0.400. The molecule has 0 saturated carbocycles. The van der Waals surface area contributed by atoms with Crippen molar-refractivity contribution in [2.45, 2.75) is 6.18 Å². The lowest BCUT2D eigenvalue weighted by Gasteiger charge is -2.29. The molecule has 4 aromatic rings. The maximum atomic E-state index is 14.8. The minimum Gasteiger partial charge on any atom is -0.378 e. The van der Waals surface area contributed by atoms with Crippen LogP contribution in [0.2, 0.25) is 0 Å². The molecule has 3 heterocycles. The van der Waals surface area contributed by atoms with Gasteiger partial charge in [0, 0.05) is 42.6 Å². The Morgan fingerprint density at radius 2 is 1.75 bits per heavy atom. The SMILES string of the molecule is Cn1cnnc1-c1ccc(Nc2ncc(F)c(-c3cc(N4CCOCC4)cc(C(F)(F)F)c3)n2)cc1. The van der Waals surface area contributed by atoms with Crippen LogP contribution in [-0.2, 0) is 18.0 Å². The van der Waals surface area contributed by atoms with Crippen molar-refractivity contribution >= 4 is 17.3 Å². The monoisotopic (exact) mass is 499 g/mol. The fourth-order valence-electron chi connectivity index (χ4n) is 3.92. The first-order valence-corrected chi connectivity index (χ1v) is 11.1. The van der Waals surface area contributed by atoms with Crippen molar-refractivity contribution in [1.29, 1.82) is 0 Å². The summed E-state index contributed by atoms with van der Waals surface area (Å²) in [4.78, 5) is 9.93. The molecule has 0 radical (unpaired) electrons. The average molecular weight is 499 g/mol. The van der Waals surface area contributed by atoms with Crippen molar-refractivity contribution in [3.63, 3.8) is 0 Å². The molecule has 0 bridgehead atoms. The number of morpholine rings is 1. The Bertz CT molecular complexity index is 1370. The minimum absolute atomic E-state index is 0.00639. The van der Waals surface area contributed by atoms with Gasteiger partial charge in [-0.05, 0) is 42.5 Å². The number of aromatic nitrogens is 5. The maximum absolute atomic E-state index is 14.8. The lowest BCUT2D eigenvalue weighted by molar-refractivity contribution is -0.137. The number of hydrogen-bond acceptors (Lipinski definition) is 7. The zero-order chi connectivity index (χ0) is 25.3. The van der Waals surface area contributed by atoms with E-state index in [-0.39, 0.29) is 17.2 Å². The van der Waals surface area contributed by atoms with Gasteiger partial charge in [0.1, 0.15) is 12.0 Å². The Labute approximate surface area is 203 Å². The predicted octanol–water partition coefficient (Wildman–Crippen LogP) is 4.68. The van der Waals surface area contributed by atoms with Crippen LogP contribution in [0.25, 0.3) is 22.6 Å². The number of nitrogens with zero attached hydrogens (tertiary/aromatic N) is 6. The Morgan fingerprint density at radius 1 is 1.00 bits per heavy atom. The Kier molecular flexibility index (Phi) is 6.27. The molecule has 1 fully saturated rings. The zero-order valence-electron chi connectivity index (χ0n) is 19.1. The van der Waals surface area contributed by atoms with Crippen LogP contribution in [0.5, 0.6) is 0 Å². The van der Waals surface area contributed by atoms with Gasteiger partial charge in [0.2, 0.25) is 5.95 Å². The van der Waals surface area contributed by atoms with Crippen molar-refractivity contribution in [2.75, 3.05) is 36.5 Å². The van der Waals surface area contributed by atoms with Gasteiger partial charge in [0.15, 0.2) is 11.6 Å². The molecule has 0 unspecified atom stereocenters. The molecule has 1 N–H and O–H groups in total. The third-order valence-electron chi connectivity index (χ3n) is 5.75. The highest BCUT2D eigenvalue weighted by Gasteiger charge is 2.32. The van der Waals surface area contributed by atoms with Crippen LogP contribution in [0.15, 0.2) is 55.0 Å². The van der Waals surface area contributed by atoms with E-state index < -0.39 is 17.6 Å². The lowest BCUT2D eigenvalue weighted by atomic mass is 10.0. The first-order chi connectivity index (χ1) is 17.3. The van der Waals surface area contributed by atoms with E-state index in [4.69, 9.17) is 4.74 Å². The van der Waals surface area contributed by atoms with E-state index in [0.29, 0.717) is 43.5 Å². The van der Waals surface area contributed by atoms with E-state index >= 15 is 0 Å². The first kappa shape index (κ1) is 23.7. The average Bonchev–Trinajstić information content (AvgIpc) is 3.31. The number of nitrogens with one attached hydrogen (secondary N) is 1. The van der Waals surface area contributed by atoms with Gasteiger partial charge in [0.25, 0.3) is 0 Å². The molecule has 8 nitrogen and oxygen atoms in total. The highest BCUT2D eigenvalue weighted by atomic mass is 19.4. The second-order valence-electron chi connectivity index (χ2n) is 8.22. The summed E-state index contributed by atoms with van der Waals surface area (Å²) in [5.74, 6) is -0.101. The van der Waals surface area contributed by atoms with Gasteiger partial charge in [-0.3, -0.25) is 0 Å². The number of aryl methyl sites for hydroxylation is 1. The van der Waals surface area contributed by atoms with Crippen LogP contribution in [0, 0.1) is 5.82 Å². The molecule has 2 aromatic heterocycles. The van der Waals surface area contributed by atoms with E-state index in [1.165, 1.54) is 6.07 Å². The van der Waals surface area contributed by atoms with Gasteiger partial charge in [0.05, 0.1) is 25.0 Å². The van der Waals surface area contributed by atoms with E-state index in [0.717, 1.165) is 23.9 Å². The summed E-state index contributed by atoms with van der Waals surface area (Å²) in [5.41, 5.74) is 0.663. The van der Waals surface area contributed by atoms with Crippen molar-refractivity contribution < 1.29 is 22.3 Å². The van der Waals surface area contributed by atoms with Gasteiger partial charge in [-0.1, -0.05) is 0 Å². The van der Waals surface area contributed by atoms with Crippen molar-refractivity contribution in [1.82, 2.24) is 24.7 Å². The number of halogens is 4. The molecule has 36 heavy (non-hydrogen) atoms. The van der Waals surface area contributed by atoms with E-state index in [1.807, 2.05) is 19.2 Å². The van der Waals surface area contributed by atoms with Crippen molar-refractivity contribution in [3.05, 3.63) is 66.4 Å². The zero-order valence-corrected chi connectivity index (χ0v) is 19.1. The van der Waals surface area contributed by atoms with E-state index in [1.54, 1.807) is 27.9 Å². The van der Waals surface area contributed by atoms with Crippen LogP contribution in [0.1, 0.15) is 5.56 Å². The topological polar surface area (TPSA) is 81.0 Å². The number of benzene rings is 2. The third kappa shape index (κ3) is 4.98. The second-order valence-corrected chi connectivity index (χ2v) is 8.22. The highest BCUT2D eigenvalue weighted by molar-refractivity contribution is 5.70. The Morgan fingerprint density at radius 3 is 2.42 bits per heavy atom. The minimum atomic E-state index is -4.61. The molecule has 1 saturated heterocycles. The standard InChI is InChI=1S/C24H21F4N7O/c1-34-14-30-33-22(34)15-2-4-18(5-3-15)31-23-29-13-20(25)21(32-23)16-10-17(24(26,27)28)12-19(11-16)35-6-8-36-9-7-35/h2-5,10-14H,6-9H2,1H3,(H,29,31,32). The third-order valence-corrected chi connectivity index (χ3v) is 5.75. The van der Waals surface area contributed by atoms with Gasteiger partial charge in [-0.15, -0.1) is 10.2 Å². The summed E-state index contributed by atoms with van der Waals surface area (Å²) in [6.45, 7) is 1.67. The van der Waals surface area contributed by atoms with Crippen molar-refractivity contribution in [2.24, 2.45) is 7.05 Å². The second kappa shape index (κ2) is 9.53. The lowest BCUT2D eigenvalue weighted by Crippen LogP contribution is -2.36. The van der Waals surface area contributed by atoms with E-state index in [9.17, 15) is 17.6 Å². The molecule has 2 aromatic carbocycles. The molecular formula is C24H21F4N7O. The number of rotatable bonds is 5. The van der Waals surface area contributed by atoms with Gasteiger partial charge < -0.3 is 19.5 Å². The van der Waals surface area contributed by atoms with Crippen LogP contribution < -0.4 is 10.2 Å². The largest absolute Gasteiger partial charge is 0.416 e. The molecule has 0 atom stereocenters. The smallest absolute Gasteiger partial charge is 0.378 e. The van der Waals surface area contributed by atoms with Crippen LogP contribution in [-0.4, -0.2) is 51.0 Å². The molecule has 186 valence electrons. The molecule has 12 heteroatoms. The molecule has 1 aliphatic rings. The van der Waals surface area contributed by atoms with Crippen LogP contribution in [0.3, 0.4) is 0 Å². The Balaban J connectivity index is 1.46. The van der Waals surface area contributed by atoms with Gasteiger partial charge in [-0.2, -0.15) is 13.2 Å². The number of hydrogen-bond donors (Lipinski definition) is 1. The summed E-state index contributed by atoms with van der Waals surface area (Å²) in [6, 6.07) is 10.6. The molecule has 0 aliphatic carbocycles. The molecule has 0 spiro atoms. The normalized spacial score (nSPS) is 14.2. The Hall–Kier alpha value is -4.06. The summed E-state index contributed by atoms with van der Waals surface area (Å²) in [7, 11) is 1.83. The number of alkyl halides is 3. The van der Waals surface area contributed by atoms with Gasteiger partial charge in [-0.25, -0.2) is 14.4 Å². The molecule has 0 amide bonds. The fourth-order valence-corrected chi connectivity index (χ4v) is 3.92. The molecule has 1 aliphatic heterocycles. The number of ether oxygens (including phenoxy) is 1. The van der Waals surface area contributed by atoms with Crippen molar-refractivity contribution in [3.8, 4) is 22.6 Å².